The first-order valence-electron chi connectivity index (χ1n) is 6.23. The Kier molecular flexibility index (Phi) is 4.78. The first-order chi connectivity index (χ1) is 7.14. The van der Waals surface area contributed by atoms with E-state index in [1.807, 2.05) is 0 Å². The first-order valence-corrected chi connectivity index (χ1v) is 6.23. The van der Waals surface area contributed by atoms with E-state index in [-0.39, 0.29) is 0 Å². The molecule has 0 amide bonds. The van der Waals surface area contributed by atoms with Crippen LogP contribution in [0.5, 0.6) is 0 Å². The number of methoxy groups -OCH3 is 1. The number of rotatable bonds is 5. The molecular formula is C13H24O2. The van der Waals surface area contributed by atoms with Gasteiger partial charge in [-0.15, -0.1) is 0 Å². The largest absolute Gasteiger partial charge is 0.370 e. The molecule has 0 heterocycles. The van der Waals surface area contributed by atoms with Crippen LogP contribution in [0.3, 0.4) is 0 Å². The van der Waals surface area contributed by atoms with E-state index in [1.165, 1.54) is 0 Å². The summed E-state index contributed by atoms with van der Waals surface area (Å²) in [6.45, 7) is 4.38. The summed E-state index contributed by atoms with van der Waals surface area (Å²) in [7, 11) is 1.69. The summed E-state index contributed by atoms with van der Waals surface area (Å²) in [5.74, 6) is 1.09. The van der Waals surface area contributed by atoms with E-state index >= 15 is 0 Å². The number of hydrogen-bond donors (Lipinski definition) is 0. The molecule has 0 saturated heterocycles. The van der Waals surface area contributed by atoms with Gasteiger partial charge in [0, 0.05) is 13.5 Å². The fourth-order valence-corrected chi connectivity index (χ4v) is 2.39. The third-order valence-corrected chi connectivity index (χ3v) is 3.74. The molecule has 2 nitrogen and oxygen atoms in total. The second kappa shape index (κ2) is 5.64. The summed E-state index contributed by atoms with van der Waals surface area (Å²) >= 11 is 0. The van der Waals surface area contributed by atoms with Gasteiger partial charge in [0.05, 0.1) is 0 Å². The van der Waals surface area contributed by atoms with Gasteiger partial charge in [-0.3, -0.25) is 4.79 Å². The van der Waals surface area contributed by atoms with Crippen molar-refractivity contribution in [3.05, 3.63) is 0 Å². The van der Waals surface area contributed by atoms with Crippen LogP contribution >= 0.6 is 0 Å². The smallest absolute Gasteiger partial charge is 0.164 e. The fourth-order valence-electron chi connectivity index (χ4n) is 2.39. The van der Waals surface area contributed by atoms with Crippen LogP contribution in [0, 0.1) is 5.92 Å². The molecule has 88 valence electrons. The second-order valence-electron chi connectivity index (χ2n) is 4.91. The van der Waals surface area contributed by atoms with E-state index in [9.17, 15) is 4.79 Å². The topological polar surface area (TPSA) is 26.3 Å². The maximum atomic E-state index is 12.1. The van der Waals surface area contributed by atoms with E-state index in [0.717, 1.165) is 44.4 Å². The molecule has 0 aliphatic heterocycles. The zero-order chi connectivity index (χ0) is 11.3. The minimum absolute atomic E-state index is 0.332. The van der Waals surface area contributed by atoms with Gasteiger partial charge in [0.1, 0.15) is 5.60 Å². The average Bonchev–Trinajstić information content (AvgIpc) is 2.27. The van der Waals surface area contributed by atoms with Gasteiger partial charge in [0.2, 0.25) is 0 Å². The Morgan fingerprint density at radius 2 is 2.00 bits per heavy atom. The minimum Gasteiger partial charge on any atom is -0.370 e. The molecule has 1 aliphatic carbocycles. The molecular weight excluding hydrogens is 188 g/mol. The summed E-state index contributed by atoms with van der Waals surface area (Å²) in [5, 5.41) is 0. The van der Waals surface area contributed by atoms with Crippen LogP contribution < -0.4 is 0 Å². The van der Waals surface area contributed by atoms with Gasteiger partial charge in [-0.05, 0) is 38.0 Å². The van der Waals surface area contributed by atoms with E-state index < -0.39 is 5.60 Å². The molecule has 0 unspecified atom stereocenters. The molecule has 0 radical (unpaired) electrons. The summed E-state index contributed by atoms with van der Waals surface area (Å²) in [5.41, 5.74) is -0.429. The molecule has 0 aromatic rings. The number of ketones is 1. The lowest BCUT2D eigenvalue weighted by molar-refractivity contribution is -0.146. The highest BCUT2D eigenvalue weighted by Crippen LogP contribution is 2.36. The first kappa shape index (κ1) is 12.7. The van der Waals surface area contributed by atoms with Crippen LogP contribution in [0.4, 0.5) is 0 Å². The molecule has 0 bridgehead atoms. The van der Waals surface area contributed by atoms with Crippen LogP contribution in [-0.4, -0.2) is 18.5 Å². The van der Waals surface area contributed by atoms with Gasteiger partial charge >= 0.3 is 0 Å². The van der Waals surface area contributed by atoms with Crippen LogP contribution in [0.2, 0.25) is 0 Å². The highest BCUT2D eigenvalue weighted by molar-refractivity contribution is 5.87. The van der Waals surface area contributed by atoms with Gasteiger partial charge in [0.15, 0.2) is 5.78 Å². The van der Waals surface area contributed by atoms with Crippen molar-refractivity contribution in [2.75, 3.05) is 7.11 Å². The highest BCUT2D eigenvalue weighted by Gasteiger charge is 2.40. The van der Waals surface area contributed by atoms with Crippen LogP contribution in [0.25, 0.3) is 0 Å². The van der Waals surface area contributed by atoms with E-state index in [2.05, 4.69) is 13.8 Å². The van der Waals surface area contributed by atoms with E-state index in [4.69, 9.17) is 4.74 Å². The van der Waals surface area contributed by atoms with Gasteiger partial charge in [-0.25, -0.2) is 0 Å². The molecule has 0 aromatic heterocycles. The Labute approximate surface area is 93.4 Å². The lowest BCUT2D eigenvalue weighted by atomic mass is 9.76. The van der Waals surface area contributed by atoms with E-state index in [0.29, 0.717) is 12.2 Å². The number of carbonyl (C=O) groups excluding carboxylic acids is 1. The van der Waals surface area contributed by atoms with Crippen molar-refractivity contribution in [3.63, 3.8) is 0 Å². The molecule has 1 fully saturated rings. The number of ether oxygens (including phenoxy) is 1. The highest BCUT2D eigenvalue weighted by atomic mass is 16.5. The SMILES string of the molecule is CCCCC(=O)C1(OC)CCC(C)CC1. The maximum Gasteiger partial charge on any atom is 0.164 e. The van der Waals surface area contributed by atoms with Crippen molar-refractivity contribution < 1.29 is 9.53 Å². The average molecular weight is 212 g/mol. The Morgan fingerprint density at radius 3 is 2.47 bits per heavy atom. The molecule has 0 atom stereocenters. The minimum atomic E-state index is -0.429. The van der Waals surface area contributed by atoms with Gasteiger partial charge in [-0.1, -0.05) is 20.3 Å². The Bertz CT molecular complexity index is 203. The van der Waals surface area contributed by atoms with Crippen molar-refractivity contribution in [1.29, 1.82) is 0 Å². The quantitative estimate of drug-likeness (QED) is 0.698. The van der Waals surface area contributed by atoms with Gasteiger partial charge < -0.3 is 4.74 Å². The van der Waals surface area contributed by atoms with Gasteiger partial charge in [0.25, 0.3) is 0 Å². The van der Waals surface area contributed by atoms with Crippen LogP contribution in [-0.2, 0) is 9.53 Å². The molecule has 0 N–H and O–H groups in total. The summed E-state index contributed by atoms with van der Waals surface area (Å²) in [6, 6.07) is 0. The molecule has 0 spiro atoms. The molecule has 0 aromatic carbocycles. The Hall–Kier alpha value is -0.370. The summed E-state index contributed by atoms with van der Waals surface area (Å²) < 4.78 is 5.54. The van der Waals surface area contributed by atoms with Gasteiger partial charge in [-0.2, -0.15) is 0 Å². The standard InChI is InChI=1S/C13H24O2/c1-4-5-6-12(14)13(15-3)9-7-11(2)8-10-13/h11H,4-10H2,1-3H3. The number of hydrogen-bond acceptors (Lipinski definition) is 2. The fraction of sp³-hybridized carbons (Fsp3) is 0.923. The molecule has 1 rings (SSSR count). The normalized spacial score (nSPS) is 31.5. The third kappa shape index (κ3) is 3.04. The number of unbranched alkanes of at least 4 members (excludes halogenated alkanes) is 1. The summed E-state index contributed by atoms with van der Waals surface area (Å²) in [4.78, 5) is 12.1. The van der Waals surface area contributed by atoms with Crippen molar-refractivity contribution in [2.24, 2.45) is 5.92 Å². The zero-order valence-electron chi connectivity index (χ0n) is 10.3. The lowest BCUT2D eigenvalue weighted by Gasteiger charge is -2.37. The van der Waals surface area contributed by atoms with Crippen molar-refractivity contribution in [1.82, 2.24) is 0 Å². The number of carbonyl (C=O) groups is 1. The zero-order valence-corrected chi connectivity index (χ0v) is 10.3. The predicted molar refractivity (Wildman–Crippen MR) is 61.9 cm³/mol. The third-order valence-electron chi connectivity index (χ3n) is 3.74. The van der Waals surface area contributed by atoms with Crippen molar-refractivity contribution >= 4 is 5.78 Å². The molecule has 2 heteroatoms. The maximum absolute atomic E-state index is 12.1. The Balaban J connectivity index is 2.56. The van der Waals surface area contributed by atoms with Crippen molar-refractivity contribution in [3.8, 4) is 0 Å². The molecule has 15 heavy (non-hydrogen) atoms. The molecule has 1 saturated carbocycles. The lowest BCUT2D eigenvalue weighted by Crippen LogP contribution is -2.43. The van der Waals surface area contributed by atoms with E-state index in [1.54, 1.807) is 7.11 Å². The van der Waals surface area contributed by atoms with Crippen LogP contribution in [0.15, 0.2) is 0 Å². The summed E-state index contributed by atoms with van der Waals surface area (Å²) in [6.07, 6.45) is 6.89. The van der Waals surface area contributed by atoms with Crippen molar-refractivity contribution in [2.45, 2.75) is 64.4 Å². The monoisotopic (exact) mass is 212 g/mol. The van der Waals surface area contributed by atoms with Crippen LogP contribution in [0.1, 0.15) is 58.8 Å². The Morgan fingerprint density at radius 1 is 1.40 bits per heavy atom. The second-order valence-corrected chi connectivity index (χ2v) is 4.91. The number of Topliss-reactive ketones (excluding diaryl/α,β-unsaturated/α-hetero) is 1. The molecule has 1 aliphatic rings. The predicted octanol–water partition coefficient (Wildman–Crippen LogP) is 3.34.